The van der Waals surface area contributed by atoms with Crippen LogP contribution >= 0.6 is 0 Å². The summed E-state index contributed by atoms with van der Waals surface area (Å²) in [5.74, 6) is -1.39. The molecule has 180 valence electrons. The van der Waals surface area contributed by atoms with Gasteiger partial charge in [-0.2, -0.15) is 5.10 Å². The van der Waals surface area contributed by atoms with E-state index in [-0.39, 0.29) is 18.9 Å². The van der Waals surface area contributed by atoms with Gasteiger partial charge in [-0.1, -0.05) is 18.2 Å². The molecule has 0 aliphatic rings. The Morgan fingerprint density at radius 2 is 1.76 bits per heavy atom. The van der Waals surface area contributed by atoms with Crippen molar-refractivity contribution in [1.29, 1.82) is 0 Å². The second-order valence-corrected chi connectivity index (χ2v) is 8.48. The van der Waals surface area contributed by atoms with E-state index in [4.69, 9.17) is 4.74 Å². The average molecular weight is 466 g/mol. The van der Waals surface area contributed by atoms with Crippen molar-refractivity contribution in [1.82, 2.24) is 19.9 Å². The molecule has 0 fully saturated rings. The number of carbonyl (C=O) groups excluding carboxylic acids is 3. The Bertz CT molecular complexity index is 1230. The second-order valence-electron chi connectivity index (χ2n) is 8.48. The van der Waals surface area contributed by atoms with Gasteiger partial charge in [-0.05, 0) is 64.7 Å². The highest BCUT2D eigenvalue weighted by molar-refractivity contribution is 5.96. The Labute approximate surface area is 198 Å². The van der Waals surface area contributed by atoms with Gasteiger partial charge in [-0.3, -0.25) is 14.4 Å². The summed E-state index contributed by atoms with van der Waals surface area (Å²) in [6.07, 6.45) is -0.498. The Morgan fingerprint density at radius 1 is 1.09 bits per heavy atom. The van der Waals surface area contributed by atoms with E-state index in [1.54, 1.807) is 4.52 Å². The van der Waals surface area contributed by atoms with Crippen LogP contribution in [0.5, 0.6) is 0 Å². The van der Waals surface area contributed by atoms with Gasteiger partial charge >= 0.3 is 5.97 Å². The number of carbonyl (C=O) groups is 3. The molecule has 0 unspecified atom stereocenters. The molecule has 1 aromatic carbocycles. The van der Waals surface area contributed by atoms with Gasteiger partial charge in [-0.15, -0.1) is 0 Å². The number of aryl methyl sites for hydroxylation is 5. The first kappa shape index (κ1) is 24.9. The standard InChI is InChI=1S/C25H31N5O4/c1-14-8-7-9-15(2)24(14)28-22(31)13-26-25(33)19(6)34-23(32)11-10-20-17(4)27-21-12-16(3)29-30(21)18(20)5/h7-9,12,19H,10-11,13H2,1-6H3,(H,26,33)(H,28,31)/t19-/m0/s1. The number of hydrogen-bond acceptors (Lipinski definition) is 6. The van der Waals surface area contributed by atoms with Gasteiger partial charge in [0.25, 0.3) is 5.91 Å². The molecule has 2 heterocycles. The molecule has 9 nitrogen and oxygen atoms in total. The number of nitrogens with zero attached hydrogens (tertiary/aromatic N) is 3. The molecule has 0 saturated heterocycles. The molecule has 3 rings (SSSR count). The smallest absolute Gasteiger partial charge is 0.306 e. The molecule has 0 aliphatic heterocycles. The molecule has 34 heavy (non-hydrogen) atoms. The van der Waals surface area contributed by atoms with Crippen LogP contribution in [-0.4, -0.2) is 45.0 Å². The molecule has 2 amide bonds. The topological polar surface area (TPSA) is 115 Å². The van der Waals surface area contributed by atoms with Gasteiger partial charge in [-0.25, -0.2) is 9.50 Å². The number of ether oxygens (including phenoxy) is 1. The normalized spacial score (nSPS) is 11.8. The second kappa shape index (κ2) is 10.5. The van der Waals surface area contributed by atoms with E-state index in [1.807, 2.05) is 58.9 Å². The summed E-state index contributed by atoms with van der Waals surface area (Å²) in [5.41, 5.74) is 6.91. The summed E-state index contributed by atoms with van der Waals surface area (Å²) < 4.78 is 7.03. The van der Waals surface area contributed by atoms with Crippen LogP contribution in [0, 0.1) is 34.6 Å². The number of aromatic nitrogens is 3. The van der Waals surface area contributed by atoms with Gasteiger partial charge in [0, 0.05) is 29.6 Å². The first-order valence-corrected chi connectivity index (χ1v) is 11.2. The summed E-state index contributed by atoms with van der Waals surface area (Å²) in [6, 6.07) is 7.61. The summed E-state index contributed by atoms with van der Waals surface area (Å²) in [7, 11) is 0. The van der Waals surface area contributed by atoms with Crippen LogP contribution in [0.4, 0.5) is 5.69 Å². The third-order valence-electron chi connectivity index (χ3n) is 5.71. The molecule has 3 aromatic rings. The maximum Gasteiger partial charge on any atom is 0.306 e. The summed E-state index contributed by atoms with van der Waals surface area (Å²) >= 11 is 0. The zero-order valence-electron chi connectivity index (χ0n) is 20.5. The number of benzene rings is 1. The Kier molecular flexibility index (Phi) is 7.65. The number of fused-ring (bicyclic) bond motifs is 1. The molecule has 0 saturated carbocycles. The lowest BCUT2D eigenvalue weighted by Gasteiger charge is -2.15. The van der Waals surface area contributed by atoms with Crippen molar-refractivity contribution in [3.05, 3.63) is 58.0 Å². The Morgan fingerprint density at radius 3 is 2.44 bits per heavy atom. The maximum atomic E-state index is 12.4. The van der Waals surface area contributed by atoms with Crippen LogP contribution in [0.3, 0.4) is 0 Å². The largest absolute Gasteiger partial charge is 0.453 e. The molecule has 0 bridgehead atoms. The lowest BCUT2D eigenvalue weighted by atomic mass is 10.1. The maximum absolute atomic E-state index is 12.4. The van der Waals surface area contributed by atoms with Crippen molar-refractivity contribution in [2.45, 2.75) is 60.5 Å². The number of hydrogen-bond donors (Lipinski definition) is 2. The fraction of sp³-hybridized carbons (Fsp3) is 0.400. The summed E-state index contributed by atoms with van der Waals surface area (Å²) in [5, 5.41) is 9.75. The fourth-order valence-corrected chi connectivity index (χ4v) is 3.85. The zero-order valence-corrected chi connectivity index (χ0v) is 20.5. The first-order valence-electron chi connectivity index (χ1n) is 11.2. The lowest BCUT2D eigenvalue weighted by Crippen LogP contribution is -2.40. The van der Waals surface area contributed by atoms with Crippen molar-refractivity contribution in [3.63, 3.8) is 0 Å². The summed E-state index contributed by atoms with van der Waals surface area (Å²) in [6.45, 7) is 10.8. The van der Waals surface area contributed by atoms with E-state index in [1.165, 1.54) is 6.92 Å². The van der Waals surface area contributed by atoms with E-state index in [0.29, 0.717) is 6.42 Å². The highest BCUT2D eigenvalue weighted by Gasteiger charge is 2.20. The van der Waals surface area contributed by atoms with Crippen LogP contribution in [0.15, 0.2) is 24.3 Å². The van der Waals surface area contributed by atoms with Gasteiger partial charge < -0.3 is 15.4 Å². The van der Waals surface area contributed by atoms with E-state index >= 15 is 0 Å². The number of amides is 2. The quantitative estimate of drug-likeness (QED) is 0.495. The molecule has 0 spiro atoms. The van der Waals surface area contributed by atoms with Gasteiger partial charge in [0.2, 0.25) is 5.91 Å². The lowest BCUT2D eigenvalue weighted by molar-refractivity contribution is -0.154. The minimum absolute atomic E-state index is 0.0970. The highest BCUT2D eigenvalue weighted by atomic mass is 16.5. The highest BCUT2D eigenvalue weighted by Crippen LogP contribution is 2.19. The van der Waals surface area contributed by atoms with E-state index in [2.05, 4.69) is 20.7 Å². The van der Waals surface area contributed by atoms with Crippen LogP contribution in [0.2, 0.25) is 0 Å². The third-order valence-corrected chi connectivity index (χ3v) is 5.71. The number of rotatable bonds is 8. The minimum atomic E-state index is -1.02. The van der Waals surface area contributed by atoms with Crippen molar-refractivity contribution in [3.8, 4) is 0 Å². The SMILES string of the molecule is Cc1cc2nc(C)c(CCC(=O)O[C@@H](C)C(=O)NCC(=O)Nc3c(C)cccc3C)c(C)n2n1. The Balaban J connectivity index is 1.49. The van der Waals surface area contributed by atoms with E-state index < -0.39 is 18.0 Å². The Hall–Kier alpha value is -3.75. The molecule has 1 atom stereocenters. The van der Waals surface area contributed by atoms with Crippen LogP contribution in [0.25, 0.3) is 5.65 Å². The van der Waals surface area contributed by atoms with Crippen molar-refractivity contribution in [2.24, 2.45) is 0 Å². The van der Waals surface area contributed by atoms with E-state index in [9.17, 15) is 14.4 Å². The third kappa shape index (κ3) is 5.78. The molecule has 0 aliphatic carbocycles. The van der Waals surface area contributed by atoms with Crippen molar-refractivity contribution in [2.75, 3.05) is 11.9 Å². The van der Waals surface area contributed by atoms with E-state index in [0.717, 1.165) is 45.1 Å². The first-order chi connectivity index (χ1) is 16.1. The van der Waals surface area contributed by atoms with Crippen LogP contribution in [0.1, 0.15) is 47.1 Å². The predicted molar refractivity (Wildman–Crippen MR) is 129 cm³/mol. The van der Waals surface area contributed by atoms with Crippen molar-refractivity contribution >= 4 is 29.1 Å². The number of anilines is 1. The average Bonchev–Trinajstić information content (AvgIpc) is 3.14. The van der Waals surface area contributed by atoms with Gasteiger partial charge in [0.05, 0.1) is 12.2 Å². The number of nitrogens with one attached hydrogen (secondary N) is 2. The number of esters is 1. The molecule has 0 radical (unpaired) electrons. The number of para-hydroxylation sites is 1. The van der Waals surface area contributed by atoms with Crippen LogP contribution in [-0.2, 0) is 25.5 Å². The minimum Gasteiger partial charge on any atom is -0.453 e. The zero-order chi connectivity index (χ0) is 25.0. The summed E-state index contributed by atoms with van der Waals surface area (Å²) in [4.78, 5) is 41.5. The molecule has 2 aromatic heterocycles. The van der Waals surface area contributed by atoms with Gasteiger partial charge in [0.15, 0.2) is 11.8 Å². The fourth-order valence-electron chi connectivity index (χ4n) is 3.85. The molecular weight excluding hydrogens is 434 g/mol. The molecular formula is C25H31N5O4. The predicted octanol–water partition coefficient (Wildman–Crippen LogP) is 2.89. The monoisotopic (exact) mass is 465 g/mol. The molecule has 2 N–H and O–H groups in total. The van der Waals surface area contributed by atoms with Gasteiger partial charge in [0.1, 0.15) is 0 Å². The molecule has 9 heteroatoms. The van der Waals surface area contributed by atoms with Crippen molar-refractivity contribution < 1.29 is 19.1 Å². The van der Waals surface area contributed by atoms with Crippen LogP contribution < -0.4 is 10.6 Å².